The highest BCUT2D eigenvalue weighted by Gasteiger charge is 2.30. The van der Waals surface area contributed by atoms with Gasteiger partial charge in [0.2, 0.25) is 5.91 Å². The number of hydrogen-bond donors (Lipinski definition) is 1. The van der Waals surface area contributed by atoms with Crippen molar-refractivity contribution < 1.29 is 4.79 Å². The fourth-order valence-corrected chi connectivity index (χ4v) is 1.81. The van der Waals surface area contributed by atoms with Gasteiger partial charge >= 0.3 is 0 Å². The second kappa shape index (κ2) is 3.87. The maximum atomic E-state index is 11.6. The van der Waals surface area contributed by atoms with Crippen LogP contribution in [0.2, 0.25) is 0 Å². The normalized spacial score (nSPS) is 28.9. The standard InChI is InChI=1S/C10H18ClNO/c1-10(2,3)9(13)12-8-6-4-5-7(8)11/h7-8H,4-6H2,1-3H3,(H,12,13). The summed E-state index contributed by atoms with van der Waals surface area (Å²) >= 11 is 6.06. The Balaban J connectivity index is 2.45. The van der Waals surface area contributed by atoms with Crippen molar-refractivity contribution in [1.82, 2.24) is 5.32 Å². The van der Waals surface area contributed by atoms with Gasteiger partial charge in [0.1, 0.15) is 0 Å². The van der Waals surface area contributed by atoms with E-state index in [1.165, 1.54) is 0 Å². The lowest BCUT2D eigenvalue weighted by molar-refractivity contribution is -0.129. The Hall–Kier alpha value is -0.240. The third-order valence-electron chi connectivity index (χ3n) is 2.43. The minimum atomic E-state index is -0.306. The highest BCUT2D eigenvalue weighted by molar-refractivity contribution is 6.21. The monoisotopic (exact) mass is 203 g/mol. The molecule has 76 valence electrons. The van der Waals surface area contributed by atoms with E-state index in [0.29, 0.717) is 0 Å². The molecule has 1 rings (SSSR count). The lowest BCUT2D eigenvalue weighted by Gasteiger charge is -2.23. The molecule has 13 heavy (non-hydrogen) atoms. The van der Waals surface area contributed by atoms with Gasteiger partial charge in [-0.15, -0.1) is 11.6 Å². The lowest BCUT2D eigenvalue weighted by atomic mass is 9.95. The van der Waals surface area contributed by atoms with Gasteiger partial charge in [-0.05, 0) is 19.3 Å². The van der Waals surface area contributed by atoms with Crippen LogP contribution in [0.4, 0.5) is 0 Å². The van der Waals surface area contributed by atoms with Crippen LogP contribution in [0.15, 0.2) is 0 Å². The Bertz CT molecular complexity index is 198. The first kappa shape index (κ1) is 10.8. The van der Waals surface area contributed by atoms with E-state index in [9.17, 15) is 4.79 Å². The molecule has 1 amide bonds. The summed E-state index contributed by atoms with van der Waals surface area (Å²) < 4.78 is 0. The number of hydrogen-bond acceptors (Lipinski definition) is 1. The molecule has 0 radical (unpaired) electrons. The Morgan fingerprint density at radius 2 is 2.00 bits per heavy atom. The zero-order valence-corrected chi connectivity index (χ0v) is 9.32. The summed E-state index contributed by atoms with van der Waals surface area (Å²) in [4.78, 5) is 11.6. The topological polar surface area (TPSA) is 29.1 Å². The summed E-state index contributed by atoms with van der Waals surface area (Å²) in [6, 6.07) is 0.188. The van der Waals surface area contributed by atoms with Crippen LogP contribution in [0.5, 0.6) is 0 Å². The van der Waals surface area contributed by atoms with Crippen molar-refractivity contribution in [2.75, 3.05) is 0 Å². The van der Waals surface area contributed by atoms with E-state index in [1.807, 2.05) is 20.8 Å². The zero-order valence-electron chi connectivity index (χ0n) is 8.56. The number of carbonyl (C=O) groups excluding carboxylic acids is 1. The van der Waals surface area contributed by atoms with Crippen LogP contribution in [0, 0.1) is 5.41 Å². The molecule has 1 aliphatic carbocycles. The van der Waals surface area contributed by atoms with Crippen molar-refractivity contribution in [1.29, 1.82) is 0 Å². The molecule has 1 fully saturated rings. The molecule has 2 atom stereocenters. The molecular formula is C10H18ClNO. The van der Waals surface area contributed by atoms with Crippen molar-refractivity contribution in [2.24, 2.45) is 5.41 Å². The molecule has 0 aromatic rings. The second-order valence-corrected chi connectivity index (χ2v) is 5.34. The van der Waals surface area contributed by atoms with Gasteiger partial charge in [-0.3, -0.25) is 4.79 Å². The van der Waals surface area contributed by atoms with E-state index in [4.69, 9.17) is 11.6 Å². The van der Waals surface area contributed by atoms with E-state index in [2.05, 4.69) is 5.32 Å². The van der Waals surface area contributed by atoms with Gasteiger partial charge < -0.3 is 5.32 Å². The third kappa shape index (κ3) is 2.87. The van der Waals surface area contributed by atoms with E-state index in [1.54, 1.807) is 0 Å². The molecular weight excluding hydrogens is 186 g/mol. The molecule has 1 saturated carbocycles. The van der Waals surface area contributed by atoms with Crippen LogP contribution in [0.3, 0.4) is 0 Å². The van der Waals surface area contributed by atoms with Crippen LogP contribution < -0.4 is 5.32 Å². The molecule has 0 saturated heterocycles. The van der Waals surface area contributed by atoms with Crippen molar-refractivity contribution in [3.05, 3.63) is 0 Å². The SMILES string of the molecule is CC(C)(C)C(=O)NC1CCCC1Cl. The Morgan fingerprint density at radius 1 is 1.38 bits per heavy atom. The fraction of sp³-hybridized carbons (Fsp3) is 0.900. The van der Waals surface area contributed by atoms with E-state index in [-0.39, 0.29) is 22.7 Å². The van der Waals surface area contributed by atoms with Gasteiger partial charge in [0, 0.05) is 11.5 Å². The molecule has 3 heteroatoms. The summed E-state index contributed by atoms with van der Waals surface area (Å²) in [7, 11) is 0. The molecule has 0 aromatic carbocycles. The summed E-state index contributed by atoms with van der Waals surface area (Å²) in [6.07, 6.45) is 3.18. The molecule has 0 aromatic heterocycles. The molecule has 0 aliphatic heterocycles. The lowest BCUT2D eigenvalue weighted by Crippen LogP contribution is -2.43. The molecule has 0 bridgehead atoms. The van der Waals surface area contributed by atoms with Crippen LogP contribution in [0.1, 0.15) is 40.0 Å². The predicted octanol–water partition coefficient (Wildman–Crippen LogP) is 2.31. The van der Waals surface area contributed by atoms with Gasteiger partial charge in [0.15, 0.2) is 0 Å². The van der Waals surface area contributed by atoms with Crippen LogP contribution in [-0.4, -0.2) is 17.3 Å². The van der Waals surface area contributed by atoms with Crippen molar-refractivity contribution in [3.63, 3.8) is 0 Å². The minimum Gasteiger partial charge on any atom is -0.351 e. The first-order valence-electron chi connectivity index (χ1n) is 4.86. The fourth-order valence-electron chi connectivity index (χ4n) is 1.46. The van der Waals surface area contributed by atoms with Gasteiger partial charge in [-0.2, -0.15) is 0 Å². The molecule has 0 heterocycles. The largest absolute Gasteiger partial charge is 0.351 e. The molecule has 0 spiro atoms. The highest BCUT2D eigenvalue weighted by Crippen LogP contribution is 2.25. The number of amides is 1. The van der Waals surface area contributed by atoms with E-state index >= 15 is 0 Å². The Morgan fingerprint density at radius 3 is 2.38 bits per heavy atom. The van der Waals surface area contributed by atoms with Crippen molar-refractivity contribution in [2.45, 2.75) is 51.5 Å². The second-order valence-electron chi connectivity index (χ2n) is 4.78. The molecule has 2 unspecified atom stereocenters. The Labute approximate surface area is 85.0 Å². The average Bonchev–Trinajstić information content (AvgIpc) is 2.34. The number of alkyl halides is 1. The van der Waals surface area contributed by atoms with Gasteiger partial charge in [-0.1, -0.05) is 20.8 Å². The van der Waals surface area contributed by atoms with Crippen LogP contribution in [0.25, 0.3) is 0 Å². The highest BCUT2D eigenvalue weighted by atomic mass is 35.5. The average molecular weight is 204 g/mol. The number of carbonyl (C=O) groups is 1. The molecule has 1 aliphatic rings. The van der Waals surface area contributed by atoms with Crippen molar-refractivity contribution in [3.8, 4) is 0 Å². The third-order valence-corrected chi connectivity index (χ3v) is 2.95. The Kier molecular flexibility index (Phi) is 3.23. The molecule has 1 N–H and O–H groups in total. The smallest absolute Gasteiger partial charge is 0.225 e. The maximum Gasteiger partial charge on any atom is 0.225 e. The van der Waals surface area contributed by atoms with Gasteiger partial charge in [0.25, 0.3) is 0 Å². The summed E-state index contributed by atoms with van der Waals surface area (Å²) in [5.74, 6) is 0.102. The number of halogens is 1. The van der Waals surface area contributed by atoms with Gasteiger partial charge in [0.05, 0.1) is 5.38 Å². The summed E-state index contributed by atoms with van der Waals surface area (Å²) in [5.41, 5.74) is -0.306. The van der Waals surface area contributed by atoms with Crippen LogP contribution >= 0.6 is 11.6 Å². The maximum absolute atomic E-state index is 11.6. The molecule has 2 nitrogen and oxygen atoms in total. The quantitative estimate of drug-likeness (QED) is 0.652. The van der Waals surface area contributed by atoms with E-state index in [0.717, 1.165) is 19.3 Å². The zero-order chi connectivity index (χ0) is 10.1. The van der Waals surface area contributed by atoms with Crippen molar-refractivity contribution >= 4 is 17.5 Å². The van der Waals surface area contributed by atoms with Crippen LogP contribution in [-0.2, 0) is 4.79 Å². The van der Waals surface area contributed by atoms with Gasteiger partial charge in [-0.25, -0.2) is 0 Å². The first-order valence-corrected chi connectivity index (χ1v) is 5.30. The number of nitrogens with one attached hydrogen (secondary N) is 1. The summed E-state index contributed by atoms with van der Waals surface area (Å²) in [6.45, 7) is 5.75. The summed E-state index contributed by atoms with van der Waals surface area (Å²) in [5, 5.41) is 3.13. The first-order chi connectivity index (χ1) is 5.91. The van der Waals surface area contributed by atoms with E-state index < -0.39 is 0 Å². The predicted molar refractivity (Wildman–Crippen MR) is 54.9 cm³/mol. The minimum absolute atomic E-state index is 0.102. The number of rotatable bonds is 1.